The lowest BCUT2D eigenvalue weighted by molar-refractivity contribution is -0.140. The molecule has 0 saturated carbocycles. The average Bonchev–Trinajstić information content (AvgIpc) is 2.91. The van der Waals surface area contributed by atoms with E-state index in [4.69, 9.17) is 4.74 Å². The van der Waals surface area contributed by atoms with Crippen molar-refractivity contribution in [1.82, 2.24) is 9.55 Å². The maximum Gasteiger partial charge on any atom is 0.333 e. The summed E-state index contributed by atoms with van der Waals surface area (Å²) in [5.74, 6) is 0.292. The smallest absolute Gasteiger partial charge is 0.333 e. The van der Waals surface area contributed by atoms with Crippen LogP contribution in [-0.2, 0) is 35.5 Å². The van der Waals surface area contributed by atoms with Crippen LogP contribution in [0.15, 0.2) is 67.8 Å². The molecule has 1 heterocycles. The topological polar surface area (TPSA) is 44.1 Å². The number of hydrogen-bond donors (Lipinski definition) is 0. The van der Waals surface area contributed by atoms with Gasteiger partial charge >= 0.3 is 5.97 Å². The summed E-state index contributed by atoms with van der Waals surface area (Å²) >= 11 is 0. The first-order valence-electron chi connectivity index (χ1n) is 8.22. The van der Waals surface area contributed by atoms with Gasteiger partial charge in [0.15, 0.2) is 0 Å². The van der Waals surface area contributed by atoms with Gasteiger partial charge in [0.05, 0.1) is 5.69 Å². The van der Waals surface area contributed by atoms with Crippen LogP contribution >= 0.6 is 0 Å². The van der Waals surface area contributed by atoms with Gasteiger partial charge in [-0.2, -0.15) is 0 Å². The molecule has 2 rings (SSSR count). The highest BCUT2D eigenvalue weighted by molar-refractivity contribution is 5.86. The molecule has 0 aliphatic heterocycles. The van der Waals surface area contributed by atoms with Crippen molar-refractivity contribution in [1.29, 1.82) is 0 Å². The summed E-state index contributed by atoms with van der Waals surface area (Å²) in [5.41, 5.74) is 3.61. The Hall–Kier alpha value is -2.88. The Bertz CT molecular complexity index is 773. The second-order valence-corrected chi connectivity index (χ2v) is 5.83. The molecule has 0 N–H and O–H groups in total. The minimum atomic E-state index is -0.414. The van der Waals surface area contributed by atoms with E-state index in [1.807, 2.05) is 30.4 Å². The van der Waals surface area contributed by atoms with E-state index in [2.05, 4.69) is 41.4 Å². The third-order valence-electron chi connectivity index (χ3n) is 3.78. The lowest BCUT2D eigenvalue weighted by Crippen LogP contribution is -2.11. The van der Waals surface area contributed by atoms with Crippen LogP contribution in [0.2, 0.25) is 0 Å². The summed E-state index contributed by atoms with van der Waals surface area (Å²) < 4.78 is 7.35. The summed E-state index contributed by atoms with van der Waals surface area (Å²) in [6.45, 7) is 13.6. The van der Waals surface area contributed by atoms with Crippen LogP contribution in [-0.4, -0.2) is 15.5 Å². The molecule has 25 heavy (non-hydrogen) atoms. The van der Waals surface area contributed by atoms with E-state index >= 15 is 0 Å². The molecular weight excluding hydrogens is 312 g/mol. The summed E-state index contributed by atoms with van der Waals surface area (Å²) in [5, 5.41) is 0. The Morgan fingerprint density at radius 2 is 1.96 bits per heavy atom. The van der Waals surface area contributed by atoms with Crippen molar-refractivity contribution in [2.45, 2.75) is 32.9 Å². The van der Waals surface area contributed by atoms with Gasteiger partial charge in [-0.25, -0.2) is 9.78 Å². The number of carbonyl (C=O) groups is 1. The fraction of sp³-hybridized carbons (Fsp3) is 0.238. The average molecular weight is 336 g/mol. The maximum absolute atomic E-state index is 11.7. The van der Waals surface area contributed by atoms with Crippen molar-refractivity contribution in [2.24, 2.45) is 0 Å². The minimum Gasteiger partial charge on any atom is -0.454 e. The van der Waals surface area contributed by atoms with E-state index in [0.717, 1.165) is 17.8 Å². The Labute approximate surface area is 149 Å². The van der Waals surface area contributed by atoms with Crippen molar-refractivity contribution in [3.8, 4) is 0 Å². The monoisotopic (exact) mass is 336 g/mol. The molecule has 4 nitrogen and oxygen atoms in total. The van der Waals surface area contributed by atoms with Crippen molar-refractivity contribution in [3.63, 3.8) is 0 Å². The fourth-order valence-electron chi connectivity index (χ4n) is 2.59. The first kappa shape index (κ1) is 18.5. The molecule has 130 valence electrons. The number of nitrogens with zero attached hydrogens (tertiary/aromatic N) is 2. The number of allylic oxidation sites excluding steroid dienone is 2. The number of imidazole rings is 1. The van der Waals surface area contributed by atoms with Gasteiger partial charge in [0, 0.05) is 30.7 Å². The second-order valence-electron chi connectivity index (χ2n) is 5.83. The van der Waals surface area contributed by atoms with Crippen LogP contribution in [0.25, 0.3) is 0 Å². The Balaban J connectivity index is 2.36. The third kappa shape index (κ3) is 4.80. The summed E-state index contributed by atoms with van der Waals surface area (Å²) in [6, 6.07) is 10.2. The van der Waals surface area contributed by atoms with Crippen LogP contribution in [0, 0.1) is 0 Å². The number of hydrogen-bond acceptors (Lipinski definition) is 3. The van der Waals surface area contributed by atoms with Gasteiger partial charge < -0.3 is 9.30 Å². The highest BCUT2D eigenvalue weighted by Crippen LogP contribution is 2.19. The molecule has 0 fully saturated rings. The Morgan fingerprint density at radius 3 is 2.56 bits per heavy atom. The van der Waals surface area contributed by atoms with Crippen LogP contribution < -0.4 is 0 Å². The van der Waals surface area contributed by atoms with Crippen LogP contribution in [0.1, 0.15) is 29.7 Å². The summed E-state index contributed by atoms with van der Waals surface area (Å²) in [4.78, 5) is 16.4. The fourth-order valence-corrected chi connectivity index (χ4v) is 2.59. The zero-order chi connectivity index (χ0) is 18.2. The minimum absolute atomic E-state index is 0.110. The molecule has 1 aromatic heterocycles. The number of ether oxygens (including phenoxy) is 1. The molecule has 0 radical (unpaired) electrons. The zero-order valence-electron chi connectivity index (χ0n) is 14.7. The number of rotatable bonds is 9. The van der Waals surface area contributed by atoms with Gasteiger partial charge in [-0.05, 0) is 12.5 Å². The molecule has 0 bridgehead atoms. The second kappa shape index (κ2) is 8.83. The number of carbonyl (C=O) groups excluding carboxylic acids is 1. The molecule has 2 aromatic rings. The molecule has 0 unspecified atom stereocenters. The Kier molecular flexibility index (Phi) is 6.52. The highest BCUT2D eigenvalue weighted by Gasteiger charge is 2.17. The maximum atomic E-state index is 11.7. The van der Waals surface area contributed by atoms with E-state index in [-0.39, 0.29) is 6.61 Å². The molecule has 0 saturated heterocycles. The van der Waals surface area contributed by atoms with Crippen molar-refractivity contribution < 1.29 is 9.53 Å². The van der Waals surface area contributed by atoms with E-state index in [1.54, 1.807) is 6.92 Å². The SMILES string of the molecule is C=CCc1nc(COC(=O)C(=C)C)n(CC=C)c1Cc1ccccc1. The molecule has 0 atom stereocenters. The van der Waals surface area contributed by atoms with Crippen LogP contribution in [0.4, 0.5) is 0 Å². The number of esters is 1. The molecule has 0 aliphatic rings. The van der Waals surface area contributed by atoms with Crippen LogP contribution in [0.3, 0.4) is 0 Å². The quantitative estimate of drug-likeness (QED) is 0.395. The summed E-state index contributed by atoms with van der Waals surface area (Å²) in [7, 11) is 0. The van der Waals surface area contributed by atoms with Crippen molar-refractivity contribution >= 4 is 5.97 Å². The highest BCUT2D eigenvalue weighted by atomic mass is 16.5. The lowest BCUT2D eigenvalue weighted by atomic mass is 10.1. The number of benzene rings is 1. The first-order chi connectivity index (χ1) is 12.1. The van der Waals surface area contributed by atoms with Crippen molar-refractivity contribution in [2.75, 3.05) is 0 Å². The van der Waals surface area contributed by atoms with Gasteiger partial charge in [0.1, 0.15) is 12.4 Å². The molecule has 0 spiro atoms. The van der Waals surface area contributed by atoms with E-state index in [1.165, 1.54) is 5.56 Å². The first-order valence-corrected chi connectivity index (χ1v) is 8.22. The van der Waals surface area contributed by atoms with E-state index in [0.29, 0.717) is 24.4 Å². The zero-order valence-corrected chi connectivity index (χ0v) is 14.7. The predicted octanol–water partition coefficient (Wildman–Crippen LogP) is 4.01. The van der Waals surface area contributed by atoms with E-state index in [9.17, 15) is 4.79 Å². The van der Waals surface area contributed by atoms with Gasteiger partial charge in [-0.3, -0.25) is 0 Å². The molecule has 1 aromatic carbocycles. The normalized spacial score (nSPS) is 10.3. The molecule has 0 aliphatic carbocycles. The van der Waals surface area contributed by atoms with Crippen LogP contribution in [0.5, 0.6) is 0 Å². The molecular formula is C21H24N2O2. The third-order valence-corrected chi connectivity index (χ3v) is 3.78. The lowest BCUT2D eigenvalue weighted by Gasteiger charge is -2.11. The molecule has 0 amide bonds. The molecule has 4 heteroatoms. The number of aromatic nitrogens is 2. The van der Waals surface area contributed by atoms with Gasteiger partial charge in [-0.1, -0.05) is 49.1 Å². The summed E-state index contributed by atoms with van der Waals surface area (Å²) in [6.07, 6.45) is 5.06. The standard InChI is InChI=1S/C21H24N2O2/c1-5-10-18-19(14-17-11-8-7-9-12-17)23(13-6-2)20(22-18)15-25-21(24)16(3)4/h5-9,11-12H,1-3,10,13-15H2,4H3. The Morgan fingerprint density at radius 1 is 1.24 bits per heavy atom. The largest absolute Gasteiger partial charge is 0.454 e. The predicted molar refractivity (Wildman–Crippen MR) is 100 cm³/mol. The van der Waals surface area contributed by atoms with Gasteiger partial charge in [0.2, 0.25) is 0 Å². The van der Waals surface area contributed by atoms with E-state index < -0.39 is 5.97 Å². The van der Waals surface area contributed by atoms with Gasteiger partial charge in [-0.15, -0.1) is 13.2 Å². The van der Waals surface area contributed by atoms with Gasteiger partial charge in [0.25, 0.3) is 0 Å². The van der Waals surface area contributed by atoms with Crippen molar-refractivity contribution in [3.05, 3.63) is 90.6 Å².